The fourth-order valence-electron chi connectivity index (χ4n) is 1.71. The van der Waals surface area contributed by atoms with E-state index in [4.69, 9.17) is 26.3 Å². The molecule has 0 unspecified atom stereocenters. The van der Waals surface area contributed by atoms with Gasteiger partial charge in [0.25, 0.3) is 0 Å². The number of benzene rings is 1. The highest BCUT2D eigenvalue weighted by molar-refractivity contribution is 6.31. The van der Waals surface area contributed by atoms with Crippen molar-refractivity contribution in [2.45, 2.75) is 6.61 Å². The van der Waals surface area contributed by atoms with Crippen molar-refractivity contribution in [2.24, 2.45) is 0 Å². The number of rotatable bonds is 5. The van der Waals surface area contributed by atoms with Crippen LogP contribution in [0.15, 0.2) is 30.3 Å². The molecule has 0 atom stereocenters. The van der Waals surface area contributed by atoms with Crippen LogP contribution in [-0.4, -0.2) is 19.1 Å². The molecule has 5 nitrogen and oxygen atoms in total. The Bertz CT molecular complexity index is 683. The minimum Gasteiger partial charge on any atom is -0.497 e. The third-order valence-electron chi connectivity index (χ3n) is 2.80. The number of halogens is 1. The molecule has 1 aromatic heterocycles. The van der Waals surface area contributed by atoms with Gasteiger partial charge in [0.05, 0.1) is 29.5 Å². The van der Waals surface area contributed by atoms with Crippen LogP contribution in [-0.2, 0) is 6.61 Å². The molecule has 1 aromatic carbocycles. The number of nitrogens with one attached hydrogen (secondary N) is 1. The van der Waals surface area contributed by atoms with Crippen LogP contribution >= 0.6 is 11.6 Å². The molecule has 0 amide bonds. The van der Waals surface area contributed by atoms with Gasteiger partial charge < -0.3 is 14.8 Å². The first-order valence-corrected chi connectivity index (χ1v) is 6.59. The Morgan fingerprint density at radius 1 is 1.29 bits per heavy atom. The van der Waals surface area contributed by atoms with Crippen molar-refractivity contribution in [3.8, 4) is 17.6 Å². The zero-order valence-electron chi connectivity index (χ0n) is 11.7. The summed E-state index contributed by atoms with van der Waals surface area (Å²) in [6, 6.07) is 10.6. The van der Waals surface area contributed by atoms with E-state index in [-0.39, 0.29) is 6.61 Å². The highest BCUT2D eigenvalue weighted by atomic mass is 35.5. The number of hydrogen-bond donors (Lipinski definition) is 1. The van der Waals surface area contributed by atoms with Crippen LogP contribution in [0.2, 0.25) is 5.02 Å². The molecule has 0 aliphatic rings. The van der Waals surface area contributed by atoms with Crippen LogP contribution < -0.4 is 14.8 Å². The van der Waals surface area contributed by atoms with Gasteiger partial charge in [-0.05, 0) is 24.3 Å². The molecule has 0 aliphatic carbocycles. The monoisotopic (exact) mass is 303 g/mol. The number of pyridine rings is 1. The number of nitrogens with zero attached hydrogens (tertiary/aromatic N) is 2. The molecule has 0 saturated carbocycles. The van der Waals surface area contributed by atoms with Crippen molar-refractivity contribution < 1.29 is 9.47 Å². The van der Waals surface area contributed by atoms with Gasteiger partial charge in [0.2, 0.25) is 0 Å². The zero-order chi connectivity index (χ0) is 15.2. The lowest BCUT2D eigenvalue weighted by Crippen LogP contribution is -2.02. The maximum atomic E-state index is 8.98. The lowest BCUT2D eigenvalue weighted by molar-refractivity contribution is 0.299. The molecule has 0 bridgehead atoms. The van der Waals surface area contributed by atoms with E-state index in [0.29, 0.717) is 33.6 Å². The van der Waals surface area contributed by atoms with Crippen LogP contribution in [0.3, 0.4) is 0 Å². The van der Waals surface area contributed by atoms with Gasteiger partial charge >= 0.3 is 0 Å². The van der Waals surface area contributed by atoms with Gasteiger partial charge in [-0.15, -0.1) is 0 Å². The Morgan fingerprint density at radius 3 is 2.71 bits per heavy atom. The maximum absolute atomic E-state index is 8.98. The molecule has 6 heteroatoms. The third-order valence-corrected chi connectivity index (χ3v) is 3.14. The lowest BCUT2D eigenvalue weighted by Gasteiger charge is -2.10. The van der Waals surface area contributed by atoms with E-state index >= 15 is 0 Å². The molecule has 2 aromatic rings. The molecule has 0 spiro atoms. The molecule has 2 rings (SSSR count). The van der Waals surface area contributed by atoms with Crippen molar-refractivity contribution in [3.05, 3.63) is 46.6 Å². The van der Waals surface area contributed by atoms with E-state index in [1.807, 2.05) is 0 Å². The lowest BCUT2D eigenvalue weighted by atomic mass is 10.2. The van der Waals surface area contributed by atoms with E-state index in [1.165, 1.54) is 7.11 Å². The van der Waals surface area contributed by atoms with Gasteiger partial charge in [-0.1, -0.05) is 11.6 Å². The summed E-state index contributed by atoms with van der Waals surface area (Å²) >= 11 is 6.09. The Kier molecular flexibility index (Phi) is 4.85. The van der Waals surface area contributed by atoms with Crippen molar-refractivity contribution >= 4 is 17.4 Å². The quantitative estimate of drug-likeness (QED) is 0.918. The number of nitriles is 1. The van der Waals surface area contributed by atoms with Gasteiger partial charge in [-0.25, -0.2) is 4.98 Å². The average Bonchev–Trinajstić information content (AvgIpc) is 2.53. The second-order valence-electron chi connectivity index (χ2n) is 4.17. The van der Waals surface area contributed by atoms with Gasteiger partial charge in [-0.2, -0.15) is 5.26 Å². The van der Waals surface area contributed by atoms with Crippen molar-refractivity contribution in [1.82, 2.24) is 4.98 Å². The summed E-state index contributed by atoms with van der Waals surface area (Å²) in [6.45, 7) is 0.201. The van der Waals surface area contributed by atoms with Crippen LogP contribution in [0.1, 0.15) is 11.3 Å². The summed E-state index contributed by atoms with van der Waals surface area (Å²) in [6.07, 6.45) is 0. The highest BCUT2D eigenvalue weighted by Gasteiger charge is 2.07. The van der Waals surface area contributed by atoms with E-state index in [1.54, 1.807) is 37.4 Å². The first-order valence-electron chi connectivity index (χ1n) is 6.21. The highest BCUT2D eigenvalue weighted by Crippen LogP contribution is 2.24. The summed E-state index contributed by atoms with van der Waals surface area (Å²) in [4.78, 5) is 4.33. The summed E-state index contributed by atoms with van der Waals surface area (Å²) in [7, 11) is 3.32. The van der Waals surface area contributed by atoms with Gasteiger partial charge in [0.1, 0.15) is 23.9 Å². The molecule has 0 aliphatic heterocycles. The minimum absolute atomic E-state index is 0.201. The van der Waals surface area contributed by atoms with E-state index < -0.39 is 0 Å². The second kappa shape index (κ2) is 6.82. The number of anilines is 1. The summed E-state index contributed by atoms with van der Waals surface area (Å²) < 4.78 is 10.8. The Balaban J connectivity index is 2.18. The molecule has 108 valence electrons. The summed E-state index contributed by atoms with van der Waals surface area (Å²) in [5.41, 5.74) is 1.08. The van der Waals surface area contributed by atoms with E-state index in [0.717, 1.165) is 0 Å². The first kappa shape index (κ1) is 14.9. The maximum Gasteiger partial charge on any atom is 0.132 e. The Hall–Kier alpha value is -2.45. The van der Waals surface area contributed by atoms with Crippen LogP contribution in [0.25, 0.3) is 0 Å². The molecule has 21 heavy (non-hydrogen) atoms. The average molecular weight is 304 g/mol. The fraction of sp³-hybridized carbons (Fsp3) is 0.200. The first-order chi connectivity index (χ1) is 10.2. The molecule has 0 fully saturated rings. The number of aromatic nitrogens is 1. The van der Waals surface area contributed by atoms with Crippen LogP contribution in [0.4, 0.5) is 5.82 Å². The van der Waals surface area contributed by atoms with Crippen LogP contribution in [0.5, 0.6) is 11.5 Å². The SMILES string of the molecule is CNc1ccc(Cl)c(COc2cc(C#N)cc(OC)c2)n1. The van der Waals surface area contributed by atoms with E-state index in [9.17, 15) is 0 Å². The predicted octanol–water partition coefficient (Wildman–Crippen LogP) is 3.24. The summed E-state index contributed by atoms with van der Waals surface area (Å²) in [5.74, 6) is 1.80. The van der Waals surface area contributed by atoms with Crippen molar-refractivity contribution in [1.29, 1.82) is 5.26 Å². The second-order valence-corrected chi connectivity index (χ2v) is 4.58. The van der Waals surface area contributed by atoms with Crippen molar-refractivity contribution in [2.75, 3.05) is 19.5 Å². The van der Waals surface area contributed by atoms with Gasteiger partial charge in [0, 0.05) is 13.1 Å². The predicted molar refractivity (Wildman–Crippen MR) is 80.8 cm³/mol. The standard InChI is InChI=1S/C15H14ClN3O2/c1-18-15-4-3-13(16)14(19-15)9-21-12-6-10(8-17)5-11(7-12)20-2/h3-7H,9H2,1-2H3,(H,18,19). The molecule has 0 saturated heterocycles. The third kappa shape index (κ3) is 3.77. The Morgan fingerprint density at radius 2 is 2.05 bits per heavy atom. The molecular weight excluding hydrogens is 290 g/mol. The number of ether oxygens (including phenoxy) is 2. The zero-order valence-corrected chi connectivity index (χ0v) is 12.4. The van der Waals surface area contributed by atoms with Crippen LogP contribution in [0, 0.1) is 11.3 Å². The minimum atomic E-state index is 0.201. The molecule has 1 heterocycles. The normalized spacial score (nSPS) is 9.81. The van der Waals surface area contributed by atoms with E-state index in [2.05, 4.69) is 16.4 Å². The fourth-order valence-corrected chi connectivity index (χ4v) is 1.87. The molecule has 1 N–H and O–H groups in total. The number of hydrogen-bond acceptors (Lipinski definition) is 5. The van der Waals surface area contributed by atoms with Gasteiger partial charge in [0.15, 0.2) is 0 Å². The Labute approximate surface area is 128 Å². The largest absolute Gasteiger partial charge is 0.497 e. The smallest absolute Gasteiger partial charge is 0.132 e. The van der Waals surface area contributed by atoms with Gasteiger partial charge in [-0.3, -0.25) is 0 Å². The topological polar surface area (TPSA) is 67.2 Å². The molecule has 0 radical (unpaired) electrons. The number of methoxy groups -OCH3 is 1. The van der Waals surface area contributed by atoms with Crippen molar-refractivity contribution in [3.63, 3.8) is 0 Å². The summed E-state index contributed by atoms with van der Waals surface area (Å²) in [5, 5.41) is 12.4. The molecular formula is C15H14ClN3O2.